The maximum Gasteiger partial charge on any atom is 0.267 e. The number of ether oxygens (including phenoxy) is 1. The molecule has 0 fully saturated rings. The van der Waals surface area contributed by atoms with Crippen LogP contribution in [0, 0.1) is 5.82 Å². The number of aromatic nitrogens is 1. The number of carbonyl (C=O) groups excluding carboxylic acids is 1. The van der Waals surface area contributed by atoms with E-state index in [9.17, 15) is 14.3 Å². The number of nitrogens with one attached hydrogen (secondary N) is 2. The van der Waals surface area contributed by atoms with E-state index in [0.717, 1.165) is 11.1 Å². The number of H-pyrrole nitrogens is 1. The summed E-state index contributed by atoms with van der Waals surface area (Å²) in [4.78, 5) is 15.3. The number of phenolic OH excluding ortho intramolecular Hbond substituents is 1. The van der Waals surface area contributed by atoms with E-state index in [1.165, 1.54) is 12.1 Å². The molecule has 0 bridgehead atoms. The highest BCUT2D eigenvalue weighted by Crippen LogP contribution is 2.27. The lowest BCUT2D eigenvalue weighted by atomic mass is 10.2. The van der Waals surface area contributed by atoms with Gasteiger partial charge in [0.1, 0.15) is 18.1 Å². The Hall–Kier alpha value is -3.80. The third-order valence-corrected chi connectivity index (χ3v) is 4.54. The molecule has 0 aliphatic heterocycles. The summed E-state index contributed by atoms with van der Waals surface area (Å²) >= 11 is 0. The standard InChI is InChI=1S/C23H19FN2O3/c24-18-7-8-19-17(11-18)12-20(26-19)23(28)25-13-16-6-9-22(21(27)10-16)29-14-15-4-2-1-3-5-15/h1-12,26-27H,13-14H2,(H,25,28). The Morgan fingerprint density at radius 2 is 1.83 bits per heavy atom. The van der Waals surface area contributed by atoms with Gasteiger partial charge in [0, 0.05) is 17.4 Å². The Morgan fingerprint density at radius 3 is 2.62 bits per heavy atom. The van der Waals surface area contributed by atoms with Crippen molar-refractivity contribution in [1.82, 2.24) is 10.3 Å². The highest BCUT2D eigenvalue weighted by molar-refractivity contribution is 5.97. The predicted octanol–water partition coefficient (Wildman–Crippen LogP) is 4.52. The van der Waals surface area contributed by atoms with Gasteiger partial charge in [0.15, 0.2) is 11.5 Å². The van der Waals surface area contributed by atoms with Crippen LogP contribution >= 0.6 is 0 Å². The van der Waals surface area contributed by atoms with Crippen molar-refractivity contribution in [3.8, 4) is 11.5 Å². The molecule has 1 amide bonds. The van der Waals surface area contributed by atoms with Gasteiger partial charge < -0.3 is 20.1 Å². The Morgan fingerprint density at radius 1 is 1.00 bits per heavy atom. The van der Waals surface area contributed by atoms with Crippen LogP contribution < -0.4 is 10.1 Å². The summed E-state index contributed by atoms with van der Waals surface area (Å²) in [6.07, 6.45) is 0. The molecule has 1 aromatic heterocycles. The summed E-state index contributed by atoms with van der Waals surface area (Å²) in [7, 11) is 0. The van der Waals surface area contributed by atoms with E-state index in [1.807, 2.05) is 30.3 Å². The van der Waals surface area contributed by atoms with Gasteiger partial charge >= 0.3 is 0 Å². The largest absolute Gasteiger partial charge is 0.504 e. The van der Waals surface area contributed by atoms with E-state index in [2.05, 4.69) is 10.3 Å². The number of amides is 1. The van der Waals surface area contributed by atoms with Crippen LogP contribution in [0.15, 0.2) is 72.8 Å². The number of hydrogen-bond acceptors (Lipinski definition) is 3. The fourth-order valence-electron chi connectivity index (χ4n) is 3.03. The van der Waals surface area contributed by atoms with Crippen LogP contribution in [0.1, 0.15) is 21.6 Å². The van der Waals surface area contributed by atoms with Gasteiger partial charge in [-0.3, -0.25) is 4.79 Å². The van der Waals surface area contributed by atoms with E-state index in [1.54, 1.807) is 30.3 Å². The van der Waals surface area contributed by atoms with Gasteiger partial charge in [0.25, 0.3) is 5.91 Å². The summed E-state index contributed by atoms with van der Waals surface area (Å²) < 4.78 is 18.9. The van der Waals surface area contributed by atoms with E-state index < -0.39 is 0 Å². The predicted molar refractivity (Wildman–Crippen MR) is 108 cm³/mol. The Balaban J connectivity index is 1.37. The average Bonchev–Trinajstić information content (AvgIpc) is 3.15. The minimum Gasteiger partial charge on any atom is -0.504 e. The first kappa shape index (κ1) is 18.6. The highest BCUT2D eigenvalue weighted by Gasteiger charge is 2.11. The van der Waals surface area contributed by atoms with Gasteiger partial charge in [-0.2, -0.15) is 0 Å². The number of benzene rings is 3. The molecular weight excluding hydrogens is 371 g/mol. The molecule has 5 nitrogen and oxygen atoms in total. The van der Waals surface area contributed by atoms with Gasteiger partial charge in [-0.05, 0) is 47.5 Å². The fourth-order valence-corrected chi connectivity index (χ4v) is 3.03. The molecule has 0 saturated heterocycles. The van der Waals surface area contributed by atoms with Gasteiger partial charge in [-0.25, -0.2) is 4.39 Å². The molecule has 0 aliphatic carbocycles. The molecule has 0 spiro atoms. The Labute approximate surface area is 166 Å². The molecule has 3 aromatic carbocycles. The number of phenols is 1. The van der Waals surface area contributed by atoms with Crippen LogP contribution in [-0.4, -0.2) is 16.0 Å². The molecule has 1 heterocycles. The fraction of sp³-hybridized carbons (Fsp3) is 0.0870. The van der Waals surface area contributed by atoms with Crippen LogP contribution in [-0.2, 0) is 13.2 Å². The van der Waals surface area contributed by atoms with Gasteiger partial charge in [0.2, 0.25) is 0 Å². The van der Waals surface area contributed by atoms with E-state index >= 15 is 0 Å². The van der Waals surface area contributed by atoms with E-state index in [-0.39, 0.29) is 24.0 Å². The highest BCUT2D eigenvalue weighted by atomic mass is 19.1. The molecule has 29 heavy (non-hydrogen) atoms. The zero-order valence-corrected chi connectivity index (χ0v) is 15.5. The summed E-state index contributed by atoms with van der Waals surface area (Å²) in [5, 5.41) is 13.6. The number of aromatic amines is 1. The SMILES string of the molecule is O=C(NCc1ccc(OCc2ccccc2)c(O)c1)c1cc2cc(F)ccc2[nH]1. The third-order valence-electron chi connectivity index (χ3n) is 4.54. The summed E-state index contributed by atoms with van der Waals surface area (Å²) in [5.41, 5.74) is 2.76. The smallest absolute Gasteiger partial charge is 0.267 e. The number of carbonyl (C=O) groups is 1. The van der Waals surface area contributed by atoms with Crippen molar-refractivity contribution < 1.29 is 19.0 Å². The molecule has 0 aliphatic rings. The third kappa shape index (κ3) is 4.38. The minimum absolute atomic E-state index is 0.00812. The number of fused-ring (bicyclic) bond motifs is 1. The summed E-state index contributed by atoms with van der Waals surface area (Å²) in [6, 6.07) is 20.6. The zero-order valence-electron chi connectivity index (χ0n) is 15.5. The van der Waals surface area contributed by atoms with Crippen molar-refractivity contribution in [2.75, 3.05) is 0 Å². The molecule has 6 heteroatoms. The van der Waals surface area contributed by atoms with Crippen molar-refractivity contribution in [2.45, 2.75) is 13.2 Å². The van der Waals surface area contributed by atoms with Crippen molar-refractivity contribution >= 4 is 16.8 Å². The second-order valence-electron chi connectivity index (χ2n) is 6.67. The molecule has 146 valence electrons. The minimum atomic E-state index is -0.353. The van der Waals surface area contributed by atoms with E-state index in [4.69, 9.17) is 4.74 Å². The van der Waals surface area contributed by atoms with Crippen molar-refractivity contribution in [3.63, 3.8) is 0 Å². The monoisotopic (exact) mass is 390 g/mol. The average molecular weight is 390 g/mol. The lowest BCUT2D eigenvalue weighted by Gasteiger charge is -2.10. The molecule has 0 atom stereocenters. The van der Waals surface area contributed by atoms with E-state index in [0.29, 0.717) is 29.0 Å². The summed E-state index contributed by atoms with van der Waals surface area (Å²) in [6.45, 7) is 0.584. The molecular formula is C23H19FN2O3. The summed E-state index contributed by atoms with van der Waals surface area (Å²) in [5.74, 6) is -0.283. The van der Waals surface area contributed by atoms with Crippen molar-refractivity contribution in [2.24, 2.45) is 0 Å². The zero-order chi connectivity index (χ0) is 20.2. The number of hydrogen-bond donors (Lipinski definition) is 3. The first-order valence-electron chi connectivity index (χ1n) is 9.13. The Kier molecular flexibility index (Phi) is 5.16. The number of rotatable bonds is 6. The normalized spacial score (nSPS) is 10.8. The number of halogens is 1. The quantitative estimate of drug-likeness (QED) is 0.453. The van der Waals surface area contributed by atoms with Crippen LogP contribution in [0.25, 0.3) is 10.9 Å². The van der Waals surface area contributed by atoms with Gasteiger partial charge in [0.05, 0.1) is 0 Å². The van der Waals surface area contributed by atoms with Crippen LogP contribution in [0.3, 0.4) is 0 Å². The second-order valence-corrected chi connectivity index (χ2v) is 6.67. The second kappa shape index (κ2) is 8.06. The van der Waals surface area contributed by atoms with Gasteiger partial charge in [-0.15, -0.1) is 0 Å². The lowest BCUT2D eigenvalue weighted by Crippen LogP contribution is -2.23. The van der Waals surface area contributed by atoms with Crippen molar-refractivity contribution in [1.29, 1.82) is 0 Å². The van der Waals surface area contributed by atoms with Crippen LogP contribution in [0.4, 0.5) is 4.39 Å². The first-order chi connectivity index (χ1) is 14.1. The lowest BCUT2D eigenvalue weighted by molar-refractivity contribution is 0.0946. The molecule has 3 N–H and O–H groups in total. The van der Waals surface area contributed by atoms with Crippen LogP contribution in [0.2, 0.25) is 0 Å². The maximum absolute atomic E-state index is 13.3. The maximum atomic E-state index is 13.3. The molecule has 0 unspecified atom stereocenters. The van der Waals surface area contributed by atoms with Crippen LogP contribution in [0.5, 0.6) is 11.5 Å². The molecule has 4 aromatic rings. The topological polar surface area (TPSA) is 74.3 Å². The molecule has 0 radical (unpaired) electrons. The Bertz CT molecular complexity index is 1160. The number of aromatic hydroxyl groups is 1. The van der Waals surface area contributed by atoms with Gasteiger partial charge in [-0.1, -0.05) is 36.4 Å². The first-order valence-corrected chi connectivity index (χ1v) is 9.13. The molecule has 4 rings (SSSR count). The molecule has 0 saturated carbocycles. The van der Waals surface area contributed by atoms with Crippen molar-refractivity contribution in [3.05, 3.63) is 95.4 Å².